The van der Waals surface area contributed by atoms with Crippen LogP contribution in [0.25, 0.3) is 0 Å². The third-order valence-corrected chi connectivity index (χ3v) is 3.43. The molecule has 0 spiro atoms. The summed E-state index contributed by atoms with van der Waals surface area (Å²) in [5.41, 5.74) is 4.66. The van der Waals surface area contributed by atoms with Gasteiger partial charge in [0, 0.05) is 24.2 Å². The fourth-order valence-electron chi connectivity index (χ4n) is 2.51. The molecule has 0 N–H and O–H groups in total. The monoisotopic (exact) mass is 278 g/mol. The van der Waals surface area contributed by atoms with E-state index in [0.29, 0.717) is 6.61 Å². The average molecular weight is 278 g/mol. The quantitative estimate of drug-likeness (QED) is 0.721. The molecule has 1 heteroatoms. The minimum absolute atomic E-state index is 0.0944. The van der Waals surface area contributed by atoms with E-state index in [2.05, 4.69) is 48.2 Å². The van der Waals surface area contributed by atoms with Crippen molar-refractivity contribution >= 4 is 0 Å². The fraction of sp³-hybridized carbons (Fsp3) is 0.300. The lowest BCUT2D eigenvalue weighted by Crippen LogP contribution is -2.11. The van der Waals surface area contributed by atoms with Crippen LogP contribution >= 0.6 is 0 Å². The number of rotatable bonds is 2. The molecule has 0 heterocycles. The van der Waals surface area contributed by atoms with Gasteiger partial charge in [-0.25, -0.2) is 0 Å². The molecule has 0 bridgehead atoms. The highest BCUT2D eigenvalue weighted by atomic mass is 16.5. The van der Waals surface area contributed by atoms with Crippen LogP contribution in [0, 0.1) is 11.8 Å². The highest BCUT2D eigenvalue weighted by molar-refractivity contribution is 5.52. The van der Waals surface area contributed by atoms with Crippen molar-refractivity contribution in [1.29, 1.82) is 0 Å². The van der Waals surface area contributed by atoms with Gasteiger partial charge in [-0.1, -0.05) is 62.1 Å². The van der Waals surface area contributed by atoms with E-state index in [0.717, 1.165) is 17.5 Å². The van der Waals surface area contributed by atoms with Crippen molar-refractivity contribution in [1.82, 2.24) is 0 Å². The summed E-state index contributed by atoms with van der Waals surface area (Å²) in [6.07, 6.45) is 0.979. The SMILES string of the molecule is CC.CCOC1Cc2ccccc2C#Cc2ccccc21. The molecule has 1 unspecified atom stereocenters. The van der Waals surface area contributed by atoms with Gasteiger partial charge in [-0.2, -0.15) is 0 Å². The van der Waals surface area contributed by atoms with Crippen molar-refractivity contribution in [3.8, 4) is 11.8 Å². The van der Waals surface area contributed by atoms with Crippen molar-refractivity contribution < 1.29 is 4.74 Å². The molecule has 0 fully saturated rings. The van der Waals surface area contributed by atoms with Crippen LogP contribution in [0.5, 0.6) is 0 Å². The van der Waals surface area contributed by atoms with E-state index in [4.69, 9.17) is 4.74 Å². The number of benzene rings is 2. The number of hydrogen-bond donors (Lipinski definition) is 0. The van der Waals surface area contributed by atoms with Gasteiger partial charge in [0.25, 0.3) is 0 Å². The molecule has 0 aromatic heterocycles. The predicted octanol–water partition coefficient (Wildman–Crippen LogP) is 4.75. The second-order valence-electron chi connectivity index (χ2n) is 4.64. The second-order valence-corrected chi connectivity index (χ2v) is 4.64. The van der Waals surface area contributed by atoms with E-state index in [9.17, 15) is 0 Å². The Morgan fingerprint density at radius 1 is 0.952 bits per heavy atom. The number of ether oxygens (including phenoxy) is 1. The molecule has 3 rings (SSSR count). The summed E-state index contributed by atoms with van der Waals surface area (Å²) in [6, 6.07) is 16.6. The van der Waals surface area contributed by atoms with Crippen LogP contribution in [-0.2, 0) is 11.2 Å². The van der Waals surface area contributed by atoms with Gasteiger partial charge >= 0.3 is 0 Å². The first-order valence-corrected chi connectivity index (χ1v) is 7.69. The first-order valence-electron chi connectivity index (χ1n) is 7.69. The summed E-state index contributed by atoms with van der Waals surface area (Å²) in [5, 5.41) is 0. The number of fused-ring (bicyclic) bond motifs is 2. The van der Waals surface area contributed by atoms with Gasteiger partial charge in [-0.05, 0) is 30.2 Å². The summed E-state index contributed by atoms with van der Waals surface area (Å²) in [4.78, 5) is 0. The van der Waals surface area contributed by atoms with Crippen LogP contribution in [0.2, 0.25) is 0 Å². The van der Waals surface area contributed by atoms with Crippen molar-refractivity contribution in [2.45, 2.75) is 33.3 Å². The van der Waals surface area contributed by atoms with Gasteiger partial charge in [-0.3, -0.25) is 0 Å². The molecular formula is C20H22O. The minimum atomic E-state index is 0.0944. The Morgan fingerprint density at radius 3 is 2.33 bits per heavy atom. The fourth-order valence-corrected chi connectivity index (χ4v) is 2.51. The molecule has 0 amide bonds. The highest BCUT2D eigenvalue weighted by Gasteiger charge is 2.18. The molecule has 1 nitrogen and oxygen atoms in total. The largest absolute Gasteiger partial charge is 0.373 e. The van der Waals surface area contributed by atoms with Gasteiger partial charge in [-0.15, -0.1) is 0 Å². The van der Waals surface area contributed by atoms with Gasteiger partial charge in [0.2, 0.25) is 0 Å². The van der Waals surface area contributed by atoms with Crippen LogP contribution < -0.4 is 0 Å². The van der Waals surface area contributed by atoms with Crippen molar-refractivity contribution in [3.63, 3.8) is 0 Å². The van der Waals surface area contributed by atoms with Crippen LogP contribution in [0.4, 0.5) is 0 Å². The Morgan fingerprint density at radius 2 is 1.57 bits per heavy atom. The van der Waals surface area contributed by atoms with E-state index < -0.39 is 0 Å². The Labute approximate surface area is 128 Å². The van der Waals surface area contributed by atoms with Gasteiger partial charge in [0.05, 0.1) is 6.10 Å². The topological polar surface area (TPSA) is 9.23 Å². The lowest BCUT2D eigenvalue weighted by Gasteiger charge is -2.21. The Balaban J connectivity index is 0.000000774. The maximum absolute atomic E-state index is 5.93. The molecule has 21 heavy (non-hydrogen) atoms. The second kappa shape index (κ2) is 7.67. The number of hydrogen-bond acceptors (Lipinski definition) is 1. The predicted molar refractivity (Wildman–Crippen MR) is 88.3 cm³/mol. The lowest BCUT2D eigenvalue weighted by atomic mass is 9.92. The van der Waals surface area contributed by atoms with E-state index in [1.54, 1.807) is 0 Å². The normalized spacial score (nSPS) is 15.1. The van der Waals surface area contributed by atoms with Crippen molar-refractivity contribution in [2.24, 2.45) is 0 Å². The Hall–Kier alpha value is -2.04. The first-order chi connectivity index (χ1) is 10.4. The maximum atomic E-state index is 5.93. The van der Waals surface area contributed by atoms with E-state index in [1.807, 2.05) is 32.9 Å². The smallest absolute Gasteiger partial charge is 0.0877 e. The summed E-state index contributed by atoms with van der Waals surface area (Å²) < 4.78 is 5.93. The zero-order chi connectivity index (χ0) is 15.1. The van der Waals surface area contributed by atoms with Crippen LogP contribution in [-0.4, -0.2) is 6.61 Å². The average Bonchev–Trinajstić information content (AvgIpc) is 2.54. The minimum Gasteiger partial charge on any atom is -0.373 e. The zero-order valence-corrected chi connectivity index (χ0v) is 13.0. The van der Waals surface area contributed by atoms with Gasteiger partial charge < -0.3 is 4.74 Å². The summed E-state index contributed by atoms with van der Waals surface area (Å²) in [5.74, 6) is 6.56. The standard InChI is InChI=1S/C18H16O.C2H6/c1-2-19-18-13-16-9-4-3-7-14(16)11-12-15-8-5-6-10-17(15)18;1-2/h3-10,18H,2,13H2,1H3;1-2H3. The first kappa shape index (κ1) is 15.4. The highest BCUT2D eigenvalue weighted by Crippen LogP contribution is 2.28. The molecule has 2 aromatic rings. The van der Waals surface area contributed by atoms with Crippen LogP contribution in [0.15, 0.2) is 48.5 Å². The molecule has 0 saturated carbocycles. The Bertz CT molecular complexity index is 646. The van der Waals surface area contributed by atoms with E-state index >= 15 is 0 Å². The summed E-state index contributed by atoms with van der Waals surface area (Å²) >= 11 is 0. The molecule has 0 saturated heterocycles. The molecule has 1 aliphatic carbocycles. The molecule has 1 atom stereocenters. The van der Waals surface area contributed by atoms with Gasteiger partial charge in [0.1, 0.15) is 0 Å². The van der Waals surface area contributed by atoms with E-state index in [1.165, 1.54) is 11.1 Å². The molecule has 1 aliphatic rings. The summed E-state index contributed by atoms with van der Waals surface area (Å²) in [6.45, 7) is 6.76. The van der Waals surface area contributed by atoms with Crippen molar-refractivity contribution in [3.05, 3.63) is 70.8 Å². The third kappa shape index (κ3) is 3.54. The maximum Gasteiger partial charge on any atom is 0.0877 e. The zero-order valence-electron chi connectivity index (χ0n) is 13.0. The van der Waals surface area contributed by atoms with Crippen molar-refractivity contribution in [2.75, 3.05) is 6.61 Å². The molecule has 0 radical (unpaired) electrons. The summed E-state index contributed by atoms with van der Waals surface area (Å²) in [7, 11) is 0. The molecule has 0 aliphatic heterocycles. The molecular weight excluding hydrogens is 256 g/mol. The molecule has 2 aromatic carbocycles. The third-order valence-electron chi connectivity index (χ3n) is 3.43. The molecule has 108 valence electrons. The van der Waals surface area contributed by atoms with Crippen LogP contribution in [0.1, 0.15) is 49.1 Å². The van der Waals surface area contributed by atoms with E-state index in [-0.39, 0.29) is 6.10 Å². The van der Waals surface area contributed by atoms with Crippen LogP contribution in [0.3, 0.4) is 0 Å². The lowest BCUT2D eigenvalue weighted by molar-refractivity contribution is 0.0625. The Kier molecular flexibility index (Phi) is 5.60. The van der Waals surface area contributed by atoms with Gasteiger partial charge in [0.15, 0.2) is 0 Å².